The normalized spacial score (nSPS) is 18.3. The number of halogens is 1. The zero-order valence-corrected chi connectivity index (χ0v) is 19.9. The van der Waals surface area contributed by atoms with Crippen LogP contribution in [0.15, 0.2) is 66.7 Å². The van der Waals surface area contributed by atoms with Crippen molar-refractivity contribution in [1.29, 1.82) is 0 Å². The van der Waals surface area contributed by atoms with Crippen LogP contribution in [0, 0.1) is 11.7 Å². The molecule has 0 unspecified atom stereocenters. The second-order valence-electron chi connectivity index (χ2n) is 9.63. The maximum Gasteiger partial charge on any atom is 0.159 e. The largest absolute Gasteiger partial charge is 0.295 e. The van der Waals surface area contributed by atoms with E-state index in [1.807, 2.05) is 18.2 Å². The van der Waals surface area contributed by atoms with Gasteiger partial charge in [-0.15, -0.1) is 0 Å². The third-order valence-corrected chi connectivity index (χ3v) is 7.35. The van der Waals surface area contributed by atoms with Crippen LogP contribution in [0.2, 0.25) is 0 Å². The Labute approximate surface area is 198 Å². The molecule has 0 spiro atoms. The number of benzene rings is 3. The van der Waals surface area contributed by atoms with E-state index in [9.17, 15) is 9.18 Å². The number of Topliss-reactive ketones (excluding diaryl/α,β-unsaturated/α-hetero) is 1. The average Bonchev–Trinajstić information content (AvgIpc) is 2.85. The van der Waals surface area contributed by atoms with Gasteiger partial charge in [0, 0.05) is 11.1 Å². The van der Waals surface area contributed by atoms with Gasteiger partial charge in [-0.25, -0.2) is 4.39 Å². The fourth-order valence-corrected chi connectivity index (χ4v) is 5.32. The van der Waals surface area contributed by atoms with E-state index in [1.165, 1.54) is 63.0 Å². The number of rotatable bonds is 8. The van der Waals surface area contributed by atoms with Crippen molar-refractivity contribution in [1.82, 2.24) is 0 Å². The zero-order chi connectivity index (χ0) is 23.2. The highest BCUT2D eigenvalue weighted by molar-refractivity contribution is 5.97. The molecular formula is C31H35FO. The zero-order valence-electron chi connectivity index (χ0n) is 19.9. The van der Waals surface area contributed by atoms with E-state index in [0.29, 0.717) is 17.0 Å². The van der Waals surface area contributed by atoms with Crippen molar-refractivity contribution in [3.8, 4) is 22.3 Å². The van der Waals surface area contributed by atoms with Crippen LogP contribution in [0.3, 0.4) is 0 Å². The summed E-state index contributed by atoms with van der Waals surface area (Å²) in [6.45, 7) is 3.85. The lowest BCUT2D eigenvalue weighted by molar-refractivity contribution is 0.101. The number of carbonyl (C=O) groups excluding carboxylic acids is 1. The van der Waals surface area contributed by atoms with Gasteiger partial charge in [0.15, 0.2) is 5.78 Å². The van der Waals surface area contributed by atoms with Crippen molar-refractivity contribution in [3.05, 3.63) is 83.7 Å². The van der Waals surface area contributed by atoms with Gasteiger partial charge in [0.1, 0.15) is 5.82 Å². The summed E-state index contributed by atoms with van der Waals surface area (Å²) in [7, 11) is 0. The van der Waals surface area contributed by atoms with E-state index in [2.05, 4.69) is 31.2 Å². The van der Waals surface area contributed by atoms with Crippen molar-refractivity contribution in [3.63, 3.8) is 0 Å². The lowest BCUT2D eigenvalue weighted by Crippen LogP contribution is -2.13. The summed E-state index contributed by atoms with van der Waals surface area (Å²) in [5.74, 6) is 1.31. The van der Waals surface area contributed by atoms with Crippen molar-refractivity contribution in [2.45, 2.75) is 71.1 Å². The first-order valence-corrected chi connectivity index (χ1v) is 12.6. The summed E-state index contributed by atoms with van der Waals surface area (Å²) < 4.78 is 14.6. The molecule has 172 valence electrons. The molecule has 0 N–H and O–H groups in total. The van der Waals surface area contributed by atoms with Crippen LogP contribution in [-0.2, 0) is 0 Å². The molecule has 0 bridgehead atoms. The molecule has 3 aromatic rings. The fraction of sp³-hybridized carbons (Fsp3) is 0.387. The SMILES string of the molecule is CCCCCC1CCC(c2ccc(-c3cc(C(C)=O)ccc3-c3ccccc3F)cc2)CC1. The maximum atomic E-state index is 14.6. The molecule has 1 aliphatic carbocycles. The predicted octanol–water partition coefficient (Wildman–Crippen LogP) is 9.22. The molecular weight excluding hydrogens is 407 g/mol. The standard InChI is InChI=1S/C31H35FO/c1-3-4-5-8-23-11-13-24(14-12-23)25-15-17-26(18-16-25)30-21-27(22(2)33)19-20-28(30)29-9-6-7-10-31(29)32/h6-7,9-10,15-21,23-24H,3-5,8,11-14H2,1-2H3. The Hall–Kier alpha value is -2.74. The summed E-state index contributed by atoms with van der Waals surface area (Å²) in [4.78, 5) is 12.0. The molecule has 4 rings (SSSR count). The molecule has 1 nitrogen and oxygen atoms in total. The first kappa shape index (κ1) is 23.4. The van der Waals surface area contributed by atoms with E-state index in [1.54, 1.807) is 25.1 Å². The molecule has 33 heavy (non-hydrogen) atoms. The van der Waals surface area contributed by atoms with E-state index in [-0.39, 0.29) is 11.6 Å². The van der Waals surface area contributed by atoms with Crippen LogP contribution in [-0.4, -0.2) is 5.78 Å². The van der Waals surface area contributed by atoms with E-state index >= 15 is 0 Å². The molecule has 0 saturated heterocycles. The Morgan fingerprint density at radius 1 is 0.848 bits per heavy atom. The Kier molecular flexibility index (Phi) is 7.75. The molecule has 2 heteroatoms. The highest BCUT2D eigenvalue weighted by atomic mass is 19.1. The van der Waals surface area contributed by atoms with Crippen LogP contribution in [0.25, 0.3) is 22.3 Å². The van der Waals surface area contributed by atoms with Gasteiger partial charge in [0.05, 0.1) is 0 Å². The lowest BCUT2D eigenvalue weighted by atomic mass is 9.77. The molecule has 1 fully saturated rings. The Morgan fingerprint density at radius 2 is 1.58 bits per heavy atom. The van der Waals surface area contributed by atoms with Crippen molar-refractivity contribution < 1.29 is 9.18 Å². The molecule has 1 aliphatic rings. The smallest absolute Gasteiger partial charge is 0.159 e. The van der Waals surface area contributed by atoms with Crippen molar-refractivity contribution in [2.75, 3.05) is 0 Å². The Bertz CT molecular complexity index is 1070. The van der Waals surface area contributed by atoms with Gasteiger partial charge < -0.3 is 0 Å². The molecule has 0 aliphatic heterocycles. The van der Waals surface area contributed by atoms with Gasteiger partial charge in [0.25, 0.3) is 0 Å². The monoisotopic (exact) mass is 442 g/mol. The third-order valence-electron chi connectivity index (χ3n) is 7.35. The average molecular weight is 443 g/mol. The first-order chi connectivity index (χ1) is 16.1. The molecule has 0 heterocycles. The van der Waals surface area contributed by atoms with Gasteiger partial charge in [0.2, 0.25) is 0 Å². The summed E-state index contributed by atoms with van der Waals surface area (Å²) in [6.07, 6.45) is 10.7. The van der Waals surface area contributed by atoms with E-state index in [4.69, 9.17) is 0 Å². The topological polar surface area (TPSA) is 17.1 Å². The quantitative estimate of drug-likeness (QED) is 0.251. The Morgan fingerprint density at radius 3 is 2.24 bits per heavy atom. The molecule has 3 aromatic carbocycles. The third kappa shape index (κ3) is 5.61. The summed E-state index contributed by atoms with van der Waals surface area (Å²) in [6, 6.07) is 21.2. The van der Waals surface area contributed by atoms with Crippen LogP contribution >= 0.6 is 0 Å². The van der Waals surface area contributed by atoms with E-state index in [0.717, 1.165) is 22.6 Å². The molecule has 0 amide bonds. The number of unbranched alkanes of at least 4 members (excludes halogenated alkanes) is 2. The van der Waals surface area contributed by atoms with Crippen LogP contribution < -0.4 is 0 Å². The molecule has 0 aromatic heterocycles. The first-order valence-electron chi connectivity index (χ1n) is 12.6. The van der Waals surface area contributed by atoms with Crippen LogP contribution in [0.1, 0.15) is 87.1 Å². The minimum absolute atomic E-state index is 0.0173. The minimum Gasteiger partial charge on any atom is -0.295 e. The van der Waals surface area contributed by atoms with Gasteiger partial charge in [-0.05, 0) is 78.8 Å². The van der Waals surface area contributed by atoms with Crippen molar-refractivity contribution in [2.24, 2.45) is 5.92 Å². The number of hydrogen-bond acceptors (Lipinski definition) is 1. The van der Waals surface area contributed by atoms with Crippen LogP contribution in [0.4, 0.5) is 4.39 Å². The Balaban J connectivity index is 1.56. The van der Waals surface area contributed by atoms with Gasteiger partial charge in [-0.3, -0.25) is 4.79 Å². The molecule has 1 saturated carbocycles. The predicted molar refractivity (Wildman–Crippen MR) is 136 cm³/mol. The lowest BCUT2D eigenvalue weighted by Gasteiger charge is -2.29. The number of carbonyl (C=O) groups is 1. The highest BCUT2D eigenvalue weighted by Crippen LogP contribution is 2.39. The minimum atomic E-state index is -0.248. The number of hydrogen-bond donors (Lipinski definition) is 0. The second kappa shape index (κ2) is 10.9. The second-order valence-corrected chi connectivity index (χ2v) is 9.63. The summed E-state index contributed by atoms with van der Waals surface area (Å²) in [5.41, 5.74) is 5.36. The van der Waals surface area contributed by atoms with E-state index < -0.39 is 0 Å². The van der Waals surface area contributed by atoms with Crippen molar-refractivity contribution >= 4 is 5.78 Å². The number of ketones is 1. The molecule has 0 radical (unpaired) electrons. The van der Waals surface area contributed by atoms with Gasteiger partial charge >= 0.3 is 0 Å². The van der Waals surface area contributed by atoms with Crippen LogP contribution in [0.5, 0.6) is 0 Å². The fourth-order valence-electron chi connectivity index (χ4n) is 5.32. The van der Waals surface area contributed by atoms with Gasteiger partial charge in [-0.2, -0.15) is 0 Å². The molecule has 0 atom stereocenters. The summed E-state index contributed by atoms with van der Waals surface area (Å²) in [5, 5.41) is 0. The maximum absolute atomic E-state index is 14.6. The summed E-state index contributed by atoms with van der Waals surface area (Å²) >= 11 is 0. The highest BCUT2D eigenvalue weighted by Gasteiger charge is 2.22. The van der Waals surface area contributed by atoms with Gasteiger partial charge in [-0.1, -0.05) is 87.2 Å².